The smallest absolute Gasteiger partial charge is 0.128 e. The lowest BCUT2D eigenvalue weighted by Gasteiger charge is -2.17. The third kappa shape index (κ3) is 2.80. The molecular formula is C16H21N3O. The third-order valence-corrected chi connectivity index (χ3v) is 3.63. The molecule has 2 heterocycles. The van der Waals surface area contributed by atoms with Crippen LogP contribution in [0.5, 0.6) is 5.75 Å². The third-order valence-electron chi connectivity index (χ3n) is 3.63. The van der Waals surface area contributed by atoms with Crippen molar-refractivity contribution in [3.8, 4) is 5.75 Å². The largest absolute Gasteiger partial charge is 0.496 e. The maximum absolute atomic E-state index is 6.32. The van der Waals surface area contributed by atoms with Crippen molar-refractivity contribution in [2.24, 2.45) is 5.73 Å². The maximum Gasteiger partial charge on any atom is 0.128 e. The Hall–Kier alpha value is -1.94. The van der Waals surface area contributed by atoms with Crippen LogP contribution in [0.15, 0.2) is 24.7 Å². The first kappa shape index (κ1) is 14.5. The van der Waals surface area contributed by atoms with Crippen LogP contribution in [0.1, 0.15) is 34.0 Å². The summed E-state index contributed by atoms with van der Waals surface area (Å²) in [4.78, 5) is 8.61. The topological polar surface area (TPSA) is 61.0 Å². The molecule has 4 nitrogen and oxygen atoms in total. The molecule has 0 aromatic carbocycles. The average molecular weight is 271 g/mol. The molecule has 0 aliphatic rings. The van der Waals surface area contributed by atoms with Gasteiger partial charge < -0.3 is 10.5 Å². The first-order valence-electron chi connectivity index (χ1n) is 6.69. The molecule has 0 saturated carbocycles. The summed E-state index contributed by atoms with van der Waals surface area (Å²) >= 11 is 0. The van der Waals surface area contributed by atoms with Gasteiger partial charge in [-0.15, -0.1) is 0 Å². The van der Waals surface area contributed by atoms with E-state index in [0.29, 0.717) is 6.42 Å². The predicted molar refractivity (Wildman–Crippen MR) is 79.9 cm³/mol. The van der Waals surface area contributed by atoms with E-state index in [2.05, 4.69) is 9.97 Å². The Morgan fingerprint density at radius 2 is 1.95 bits per heavy atom. The molecule has 0 bridgehead atoms. The van der Waals surface area contributed by atoms with Gasteiger partial charge >= 0.3 is 0 Å². The average Bonchev–Trinajstić information content (AvgIpc) is 2.43. The van der Waals surface area contributed by atoms with E-state index in [-0.39, 0.29) is 6.04 Å². The molecule has 1 atom stereocenters. The molecule has 2 aromatic rings. The predicted octanol–water partition coefficient (Wildman–Crippen LogP) is 2.65. The Morgan fingerprint density at radius 1 is 1.20 bits per heavy atom. The second-order valence-corrected chi connectivity index (χ2v) is 5.09. The second-order valence-electron chi connectivity index (χ2n) is 5.09. The van der Waals surface area contributed by atoms with Crippen LogP contribution < -0.4 is 10.5 Å². The Morgan fingerprint density at radius 3 is 2.60 bits per heavy atom. The van der Waals surface area contributed by atoms with Crippen molar-refractivity contribution in [1.82, 2.24) is 9.97 Å². The van der Waals surface area contributed by atoms with Crippen LogP contribution in [0, 0.1) is 20.8 Å². The van der Waals surface area contributed by atoms with Crippen molar-refractivity contribution < 1.29 is 4.74 Å². The fraction of sp³-hybridized carbons (Fsp3) is 0.375. The van der Waals surface area contributed by atoms with E-state index < -0.39 is 0 Å². The molecule has 0 radical (unpaired) electrons. The number of hydrogen-bond donors (Lipinski definition) is 1. The van der Waals surface area contributed by atoms with Gasteiger partial charge in [0.2, 0.25) is 0 Å². The van der Waals surface area contributed by atoms with Gasteiger partial charge in [-0.25, -0.2) is 0 Å². The molecule has 1 unspecified atom stereocenters. The van der Waals surface area contributed by atoms with E-state index in [1.807, 2.05) is 39.2 Å². The van der Waals surface area contributed by atoms with Gasteiger partial charge in [-0.05, 0) is 38.0 Å². The Balaban J connectivity index is 2.29. The van der Waals surface area contributed by atoms with Gasteiger partial charge in [0, 0.05) is 47.9 Å². The zero-order chi connectivity index (χ0) is 14.7. The Labute approximate surface area is 120 Å². The van der Waals surface area contributed by atoms with Gasteiger partial charge in [0.1, 0.15) is 5.75 Å². The van der Waals surface area contributed by atoms with Crippen LogP contribution in [0.2, 0.25) is 0 Å². The van der Waals surface area contributed by atoms with Crippen LogP contribution in [0.4, 0.5) is 0 Å². The highest BCUT2D eigenvalue weighted by atomic mass is 16.5. The number of rotatable bonds is 4. The minimum Gasteiger partial charge on any atom is -0.496 e. The van der Waals surface area contributed by atoms with Crippen molar-refractivity contribution >= 4 is 0 Å². The molecule has 0 aliphatic carbocycles. The molecule has 4 heteroatoms. The fourth-order valence-corrected chi connectivity index (χ4v) is 2.50. The molecule has 106 valence electrons. The molecule has 0 spiro atoms. The van der Waals surface area contributed by atoms with E-state index in [1.54, 1.807) is 13.3 Å². The normalized spacial score (nSPS) is 12.2. The van der Waals surface area contributed by atoms with Gasteiger partial charge in [0.05, 0.1) is 7.11 Å². The molecule has 0 amide bonds. The van der Waals surface area contributed by atoms with Gasteiger partial charge in [-0.1, -0.05) is 0 Å². The number of pyridine rings is 2. The van der Waals surface area contributed by atoms with Crippen molar-refractivity contribution in [3.05, 3.63) is 52.6 Å². The molecule has 0 aliphatic heterocycles. The molecule has 2 N–H and O–H groups in total. The number of aromatic nitrogens is 2. The minimum atomic E-state index is -0.0865. The molecular weight excluding hydrogens is 250 g/mol. The zero-order valence-corrected chi connectivity index (χ0v) is 12.5. The van der Waals surface area contributed by atoms with Crippen molar-refractivity contribution in [2.75, 3.05) is 7.11 Å². The Kier molecular flexibility index (Phi) is 4.35. The van der Waals surface area contributed by atoms with E-state index in [0.717, 1.165) is 33.7 Å². The summed E-state index contributed by atoms with van der Waals surface area (Å²) in [7, 11) is 1.69. The maximum atomic E-state index is 6.32. The quantitative estimate of drug-likeness (QED) is 0.928. The summed E-state index contributed by atoms with van der Waals surface area (Å²) in [5.74, 6) is 0.897. The van der Waals surface area contributed by atoms with Crippen LogP contribution in [0.25, 0.3) is 0 Å². The van der Waals surface area contributed by atoms with Crippen molar-refractivity contribution in [3.63, 3.8) is 0 Å². The van der Waals surface area contributed by atoms with Gasteiger partial charge in [0.25, 0.3) is 0 Å². The number of nitrogens with two attached hydrogens (primary N) is 1. The number of nitrogens with zero attached hydrogens (tertiary/aromatic N) is 2. The lowest BCUT2D eigenvalue weighted by Crippen LogP contribution is -2.16. The Bertz CT molecular complexity index is 611. The molecule has 0 fully saturated rings. The first-order valence-corrected chi connectivity index (χ1v) is 6.69. The monoisotopic (exact) mass is 271 g/mol. The van der Waals surface area contributed by atoms with E-state index in [1.165, 1.54) is 0 Å². The summed E-state index contributed by atoms with van der Waals surface area (Å²) in [5, 5.41) is 0. The summed E-state index contributed by atoms with van der Waals surface area (Å²) in [5.41, 5.74) is 11.6. The summed E-state index contributed by atoms with van der Waals surface area (Å²) in [6.07, 6.45) is 6.14. The SMILES string of the molecule is COc1c(C)cnc(CC(N)c2ccncc2C)c1C. The zero-order valence-electron chi connectivity index (χ0n) is 12.5. The summed E-state index contributed by atoms with van der Waals surface area (Å²) < 4.78 is 5.44. The van der Waals surface area contributed by atoms with Crippen LogP contribution >= 0.6 is 0 Å². The highest BCUT2D eigenvalue weighted by Gasteiger charge is 2.15. The van der Waals surface area contributed by atoms with Gasteiger partial charge in [-0.3, -0.25) is 9.97 Å². The summed E-state index contributed by atoms with van der Waals surface area (Å²) in [6, 6.07) is 1.89. The lowest BCUT2D eigenvalue weighted by atomic mass is 9.97. The van der Waals surface area contributed by atoms with Gasteiger partial charge in [0.15, 0.2) is 0 Å². The number of ether oxygens (including phenoxy) is 1. The van der Waals surface area contributed by atoms with Gasteiger partial charge in [-0.2, -0.15) is 0 Å². The highest BCUT2D eigenvalue weighted by molar-refractivity contribution is 5.41. The lowest BCUT2D eigenvalue weighted by molar-refractivity contribution is 0.406. The fourth-order valence-electron chi connectivity index (χ4n) is 2.50. The van der Waals surface area contributed by atoms with E-state index in [4.69, 9.17) is 10.5 Å². The second kappa shape index (κ2) is 6.01. The standard InChI is InChI=1S/C16H21N3O/c1-10-8-18-6-5-13(10)14(17)7-15-12(3)16(20-4)11(2)9-19-15/h5-6,8-9,14H,7,17H2,1-4H3. The molecule has 20 heavy (non-hydrogen) atoms. The number of methoxy groups -OCH3 is 1. The van der Waals surface area contributed by atoms with Crippen LogP contribution in [-0.2, 0) is 6.42 Å². The molecule has 2 rings (SSSR count). The summed E-state index contributed by atoms with van der Waals surface area (Å²) in [6.45, 7) is 6.05. The van der Waals surface area contributed by atoms with Crippen LogP contribution in [0.3, 0.4) is 0 Å². The first-order chi connectivity index (χ1) is 9.54. The van der Waals surface area contributed by atoms with Crippen molar-refractivity contribution in [2.45, 2.75) is 33.2 Å². The molecule has 0 saturated heterocycles. The van der Waals surface area contributed by atoms with Crippen LogP contribution in [-0.4, -0.2) is 17.1 Å². The number of aryl methyl sites for hydroxylation is 2. The minimum absolute atomic E-state index is 0.0865. The van der Waals surface area contributed by atoms with E-state index in [9.17, 15) is 0 Å². The van der Waals surface area contributed by atoms with E-state index >= 15 is 0 Å². The number of hydrogen-bond acceptors (Lipinski definition) is 4. The molecule has 2 aromatic heterocycles. The van der Waals surface area contributed by atoms with Crippen molar-refractivity contribution in [1.29, 1.82) is 0 Å². The highest BCUT2D eigenvalue weighted by Crippen LogP contribution is 2.27.